The summed E-state index contributed by atoms with van der Waals surface area (Å²) in [6, 6.07) is 15.2. The van der Waals surface area contributed by atoms with E-state index in [0.717, 1.165) is 17.5 Å². The van der Waals surface area contributed by atoms with E-state index >= 15 is 0 Å². The second kappa shape index (κ2) is 8.94. The highest BCUT2D eigenvalue weighted by Crippen LogP contribution is 2.11. The molecule has 0 unspecified atom stereocenters. The molecule has 0 radical (unpaired) electrons. The van der Waals surface area contributed by atoms with Crippen LogP contribution in [0.4, 0.5) is 0 Å². The first-order chi connectivity index (χ1) is 13.5. The smallest absolute Gasteiger partial charge is 0.261 e. The number of nitrogens with zero attached hydrogens (tertiary/aromatic N) is 2. The van der Waals surface area contributed by atoms with Crippen LogP contribution >= 0.6 is 0 Å². The van der Waals surface area contributed by atoms with Crippen molar-refractivity contribution in [2.75, 3.05) is 13.1 Å². The van der Waals surface area contributed by atoms with Crippen molar-refractivity contribution in [3.05, 3.63) is 76.3 Å². The van der Waals surface area contributed by atoms with Crippen LogP contribution in [-0.4, -0.2) is 34.5 Å². The van der Waals surface area contributed by atoms with Gasteiger partial charge in [0.15, 0.2) is 0 Å². The first kappa shape index (κ1) is 19.3. The summed E-state index contributed by atoms with van der Waals surface area (Å²) in [6.45, 7) is 2.05. The van der Waals surface area contributed by atoms with Gasteiger partial charge in [-0.15, -0.1) is 0 Å². The van der Waals surface area contributed by atoms with Crippen molar-refractivity contribution in [3.63, 3.8) is 0 Å². The molecule has 2 amide bonds. The number of aryl methyl sites for hydroxylation is 1. The lowest BCUT2D eigenvalue weighted by molar-refractivity contribution is -0.126. The Labute approximate surface area is 162 Å². The molecule has 3 aromatic rings. The van der Waals surface area contributed by atoms with E-state index in [-0.39, 0.29) is 24.6 Å². The number of carbonyl (C=O) groups excluding carboxylic acids is 2. The first-order valence-electron chi connectivity index (χ1n) is 9.06. The first-order valence-corrected chi connectivity index (χ1v) is 9.06. The number of benzene rings is 2. The van der Waals surface area contributed by atoms with Crippen LogP contribution in [0.15, 0.2) is 59.7 Å². The van der Waals surface area contributed by atoms with Gasteiger partial charge in [-0.05, 0) is 30.5 Å². The molecule has 3 rings (SSSR count). The Bertz CT molecular complexity index is 1040. The lowest BCUT2D eigenvalue weighted by Gasteiger charge is -2.09. The quantitative estimate of drug-likeness (QED) is 0.646. The SMILES string of the molecule is Cc1cccc2c(=O)n(CC(=O)NCC(=O)NCCc3ccccc3)cnc12. The Hall–Kier alpha value is -3.48. The number of hydrogen-bond donors (Lipinski definition) is 2. The van der Waals surface area contributed by atoms with Gasteiger partial charge < -0.3 is 10.6 Å². The molecule has 7 nitrogen and oxygen atoms in total. The fourth-order valence-electron chi connectivity index (χ4n) is 2.89. The Morgan fingerprint density at radius 2 is 1.79 bits per heavy atom. The number of aromatic nitrogens is 2. The lowest BCUT2D eigenvalue weighted by Crippen LogP contribution is -2.40. The molecule has 144 valence electrons. The van der Waals surface area contributed by atoms with Crippen LogP contribution in [0.1, 0.15) is 11.1 Å². The van der Waals surface area contributed by atoms with Crippen molar-refractivity contribution in [3.8, 4) is 0 Å². The summed E-state index contributed by atoms with van der Waals surface area (Å²) >= 11 is 0. The summed E-state index contributed by atoms with van der Waals surface area (Å²) in [4.78, 5) is 40.7. The van der Waals surface area contributed by atoms with Crippen molar-refractivity contribution in [2.24, 2.45) is 0 Å². The number of amides is 2. The highest BCUT2D eigenvalue weighted by Gasteiger charge is 2.10. The van der Waals surface area contributed by atoms with Crippen LogP contribution in [0.2, 0.25) is 0 Å². The highest BCUT2D eigenvalue weighted by atomic mass is 16.2. The van der Waals surface area contributed by atoms with Crippen molar-refractivity contribution < 1.29 is 9.59 Å². The van der Waals surface area contributed by atoms with Crippen LogP contribution in [0.3, 0.4) is 0 Å². The molecule has 0 bridgehead atoms. The largest absolute Gasteiger partial charge is 0.354 e. The van der Waals surface area contributed by atoms with Gasteiger partial charge in [-0.2, -0.15) is 0 Å². The third-order valence-corrected chi connectivity index (χ3v) is 4.39. The van der Waals surface area contributed by atoms with E-state index in [1.807, 2.05) is 43.3 Å². The molecule has 28 heavy (non-hydrogen) atoms. The van der Waals surface area contributed by atoms with E-state index in [9.17, 15) is 14.4 Å². The van der Waals surface area contributed by atoms with Gasteiger partial charge in [0.05, 0.1) is 23.8 Å². The molecule has 0 fully saturated rings. The molecule has 0 aliphatic heterocycles. The van der Waals surface area contributed by atoms with Gasteiger partial charge in [0.2, 0.25) is 11.8 Å². The predicted molar refractivity (Wildman–Crippen MR) is 107 cm³/mol. The van der Waals surface area contributed by atoms with Crippen LogP contribution in [-0.2, 0) is 22.6 Å². The zero-order chi connectivity index (χ0) is 19.9. The zero-order valence-corrected chi connectivity index (χ0v) is 15.6. The van der Waals surface area contributed by atoms with Gasteiger partial charge in [-0.3, -0.25) is 19.0 Å². The average Bonchev–Trinajstić information content (AvgIpc) is 2.70. The number of carbonyl (C=O) groups is 2. The summed E-state index contributed by atoms with van der Waals surface area (Å²) in [5.41, 5.74) is 2.38. The van der Waals surface area contributed by atoms with Crippen molar-refractivity contribution >= 4 is 22.7 Å². The third kappa shape index (κ3) is 4.82. The number of nitrogens with one attached hydrogen (secondary N) is 2. The molecule has 1 heterocycles. The average molecular weight is 378 g/mol. The fourth-order valence-corrected chi connectivity index (χ4v) is 2.89. The van der Waals surface area contributed by atoms with E-state index < -0.39 is 5.91 Å². The summed E-state index contributed by atoms with van der Waals surface area (Å²) in [5, 5.41) is 5.75. The lowest BCUT2D eigenvalue weighted by atomic mass is 10.1. The van der Waals surface area contributed by atoms with Crippen LogP contribution in [0, 0.1) is 6.92 Å². The molecule has 7 heteroatoms. The standard InChI is InChI=1S/C21H22N4O3/c1-15-6-5-9-17-20(15)24-14-25(21(17)28)13-19(27)23-12-18(26)22-11-10-16-7-3-2-4-8-16/h2-9,14H,10-13H2,1H3,(H,22,26)(H,23,27). The topological polar surface area (TPSA) is 93.1 Å². The van der Waals surface area contributed by atoms with E-state index in [4.69, 9.17) is 0 Å². The van der Waals surface area contributed by atoms with E-state index in [0.29, 0.717) is 17.4 Å². The molecule has 0 saturated carbocycles. The van der Waals surface area contributed by atoms with Crippen molar-refractivity contribution in [2.45, 2.75) is 19.9 Å². The molecule has 0 spiro atoms. The highest BCUT2D eigenvalue weighted by molar-refractivity contribution is 5.85. The molecule has 1 aromatic heterocycles. The molecule has 0 saturated heterocycles. The maximum Gasteiger partial charge on any atom is 0.261 e. The number of hydrogen-bond acceptors (Lipinski definition) is 4. The van der Waals surface area contributed by atoms with E-state index in [1.165, 1.54) is 10.9 Å². The molecule has 2 aromatic carbocycles. The van der Waals surface area contributed by atoms with Gasteiger partial charge in [0.1, 0.15) is 6.54 Å². The number of para-hydroxylation sites is 1. The fraction of sp³-hybridized carbons (Fsp3) is 0.238. The van der Waals surface area contributed by atoms with Gasteiger partial charge >= 0.3 is 0 Å². The monoisotopic (exact) mass is 378 g/mol. The van der Waals surface area contributed by atoms with Crippen LogP contribution in [0.25, 0.3) is 10.9 Å². The van der Waals surface area contributed by atoms with Gasteiger partial charge in [0, 0.05) is 6.54 Å². The molecule has 2 N–H and O–H groups in total. The van der Waals surface area contributed by atoms with E-state index in [2.05, 4.69) is 15.6 Å². The van der Waals surface area contributed by atoms with Crippen molar-refractivity contribution in [1.82, 2.24) is 20.2 Å². The summed E-state index contributed by atoms with van der Waals surface area (Å²) in [6.07, 6.45) is 2.08. The van der Waals surface area contributed by atoms with Crippen LogP contribution < -0.4 is 16.2 Å². The summed E-state index contributed by atoms with van der Waals surface area (Å²) in [5.74, 6) is -0.696. The Morgan fingerprint density at radius 3 is 2.57 bits per heavy atom. The van der Waals surface area contributed by atoms with Crippen LogP contribution in [0.5, 0.6) is 0 Å². The number of rotatable bonds is 7. The summed E-state index contributed by atoms with van der Waals surface area (Å²) in [7, 11) is 0. The molecule has 0 atom stereocenters. The maximum atomic E-state index is 12.5. The third-order valence-electron chi connectivity index (χ3n) is 4.39. The Morgan fingerprint density at radius 1 is 1.00 bits per heavy atom. The molecule has 0 aliphatic rings. The molecule has 0 aliphatic carbocycles. The minimum atomic E-state index is -0.422. The minimum absolute atomic E-state index is 0.136. The normalized spacial score (nSPS) is 10.6. The minimum Gasteiger partial charge on any atom is -0.354 e. The van der Waals surface area contributed by atoms with Crippen molar-refractivity contribution in [1.29, 1.82) is 0 Å². The Kier molecular flexibility index (Phi) is 6.16. The molecular weight excluding hydrogens is 356 g/mol. The van der Waals surface area contributed by atoms with E-state index in [1.54, 1.807) is 12.1 Å². The Balaban J connectivity index is 1.49. The van der Waals surface area contributed by atoms with Gasteiger partial charge in [-0.25, -0.2) is 4.98 Å². The second-order valence-electron chi connectivity index (χ2n) is 6.51. The second-order valence-corrected chi connectivity index (χ2v) is 6.51. The molecular formula is C21H22N4O3. The van der Waals surface area contributed by atoms with Gasteiger partial charge in [0.25, 0.3) is 5.56 Å². The predicted octanol–water partition coefficient (Wildman–Crippen LogP) is 1.18. The zero-order valence-electron chi connectivity index (χ0n) is 15.6. The number of fused-ring (bicyclic) bond motifs is 1. The summed E-state index contributed by atoms with van der Waals surface area (Å²) < 4.78 is 1.24. The maximum absolute atomic E-state index is 12.5. The van der Waals surface area contributed by atoms with Gasteiger partial charge in [-0.1, -0.05) is 42.5 Å².